The average molecular weight is 432 g/mol. The standard InChI is InChI=1S/C22H29N3O4S/c1-16-5-8-21(15-17(16)2)25(30(4,27)28)18(3)22(26)23-19-6-9-20(10-7-19)24-11-13-29-14-12-24/h5-10,15,18H,11-14H2,1-4H3,(H,23,26). The Morgan fingerprint density at radius 1 is 1.07 bits per heavy atom. The third kappa shape index (κ3) is 5.12. The molecule has 0 aromatic heterocycles. The van der Waals surface area contributed by atoms with Gasteiger partial charge in [0.25, 0.3) is 0 Å². The van der Waals surface area contributed by atoms with Gasteiger partial charge in [0.1, 0.15) is 6.04 Å². The van der Waals surface area contributed by atoms with Crippen LogP contribution >= 0.6 is 0 Å². The van der Waals surface area contributed by atoms with Gasteiger partial charge in [-0.05, 0) is 68.3 Å². The monoisotopic (exact) mass is 431 g/mol. The number of anilines is 3. The maximum atomic E-state index is 12.9. The summed E-state index contributed by atoms with van der Waals surface area (Å²) in [4.78, 5) is 15.1. The molecule has 0 spiro atoms. The first kappa shape index (κ1) is 22.1. The number of carbonyl (C=O) groups is 1. The van der Waals surface area contributed by atoms with Gasteiger partial charge < -0.3 is 15.0 Å². The molecule has 1 fully saturated rings. The third-order valence-electron chi connectivity index (χ3n) is 5.34. The predicted molar refractivity (Wildman–Crippen MR) is 121 cm³/mol. The van der Waals surface area contributed by atoms with E-state index in [0.717, 1.165) is 40.5 Å². The Morgan fingerprint density at radius 2 is 1.70 bits per heavy atom. The van der Waals surface area contributed by atoms with Gasteiger partial charge in [-0.3, -0.25) is 9.10 Å². The number of carbonyl (C=O) groups excluding carboxylic acids is 1. The van der Waals surface area contributed by atoms with Gasteiger partial charge in [-0.25, -0.2) is 8.42 Å². The van der Waals surface area contributed by atoms with Crippen LogP contribution in [0.15, 0.2) is 42.5 Å². The van der Waals surface area contributed by atoms with Gasteiger partial charge in [0.15, 0.2) is 0 Å². The Balaban J connectivity index is 1.76. The Morgan fingerprint density at radius 3 is 2.27 bits per heavy atom. The minimum Gasteiger partial charge on any atom is -0.378 e. The second kappa shape index (κ2) is 9.06. The van der Waals surface area contributed by atoms with Crippen molar-refractivity contribution in [3.05, 3.63) is 53.6 Å². The van der Waals surface area contributed by atoms with Crippen molar-refractivity contribution in [2.24, 2.45) is 0 Å². The van der Waals surface area contributed by atoms with Crippen LogP contribution in [0.1, 0.15) is 18.1 Å². The lowest BCUT2D eigenvalue weighted by Gasteiger charge is -2.29. The van der Waals surface area contributed by atoms with E-state index in [9.17, 15) is 13.2 Å². The molecule has 2 aromatic carbocycles. The highest BCUT2D eigenvalue weighted by Gasteiger charge is 2.29. The number of benzene rings is 2. The number of nitrogens with zero attached hydrogens (tertiary/aromatic N) is 2. The van der Waals surface area contributed by atoms with Gasteiger partial charge >= 0.3 is 0 Å². The van der Waals surface area contributed by atoms with Crippen LogP contribution < -0.4 is 14.5 Å². The zero-order valence-electron chi connectivity index (χ0n) is 17.9. The van der Waals surface area contributed by atoms with Crippen molar-refractivity contribution in [2.45, 2.75) is 26.8 Å². The highest BCUT2D eigenvalue weighted by molar-refractivity contribution is 7.92. The quantitative estimate of drug-likeness (QED) is 0.761. The number of sulfonamides is 1. The first-order chi connectivity index (χ1) is 14.2. The van der Waals surface area contributed by atoms with E-state index in [4.69, 9.17) is 4.74 Å². The molecule has 162 valence electrons. The minimum absolute atomic E-state index is 0.391. The molecule has 1 saturated heterocycles. The largest absolute Gasteiger partial charge is 0.378 e. The first-order valence-electron chi connectivity index (χ1n) is 9.97. The smallest absolute Gasteiger partial charge is 0.247 e. The molecular weight excluding hydrogens is 402 g/mol. The van der Waals surface area contributed by atoms with E-state index >= 15 is 0 Å². The Bertz CT molecular complexity index is 1000. The van der Waals surface area contributed by atoms with Crippen LogP contribution in [-0.4, -0.2) is 52.9 Å². The zero-order valence-corrected chi connectivity index (χ0v) is 18.7. The molecule has 2 aromatic rings. The number of hydrogen-bond acceptors (Lipinski definition) is 5. The van der Waals surface area contributed by atoms with Crippen LogP contribution in [0.3, 0.4) is 0 Å². The van der Waals surface area contributed by atoms with E-state index in [1.807, 2.05) is 44.2 Å². The molecule has 0 aliphatic carbocycles. The van der Waals surface area contributed by atoms with Crippen molar-refractivity contribution in [1.29, 1.82) is 0 Å². The average Bonchev–Trinajstić information content (AvgIpc) is 2.71. The highest BCUT2D eigenvalue weighted by atomic mass is 32.2. The second-order valence-corrected chi connectivity index (χ2v) is 9.50. The predicted octanol–water partition coefficient (Wildman–Crippen LogP) is 2.93. The molecule has 1 amide bonds. The molecule has 1 aliphatic heterocycles. The van der Waals surface area contributed by atoms with E-state index in [1.54, 1.807) is 19.1 Å². The fourth-order valence-corrected chi connectivity index (χ4v) is 4.66. The van der Waals surface area contributed by atoms with Crippen LogP contribution in [-0.2, 0) is 19.6 Å². The summed E-state index contributed by atoms with van der Waals surface area (Å²) >= 11 is 0. The number of rotatable bonds is 6. The summed E-state index contributed by atoms with van der Waals surface area (Å²) in [6.45, 7) is 8.55. The van der Waals surface area contributed by atoms with Crippen LogP contribution in [0.25, 0.3) is 0 Å². The van der Waals surface area contributed by atoms with Crippen molar-refractivity contribution >= 4 is 33.0 Å². The maximum absolute atomic E-state index is 12.9. The summed E-state index contributed by atoms with van der Waals surface area (Å²) in [6.07, 6.45) is 1.11. The summed E-state index contributed by atoms with van der Waals surface area (Å²) in [7, 11) is -3.65. The van der Waals surface area contributed by atoms with E-state index in [-0.39, 0.29) is 0 Å². The van der Waals surface area contributed by atoms with E-state index < -0.39 is 22.0 Å². The first-order valence-corrected chi connectivity index (χ1v) is 11.8. The Kier molecular flexibility index (Phi) is 6.67. The normalized spacial score (nSPS) is 15.5. The number of ether oxygens (including phenoxy) is 1. The van der Waals surface area contributed by atoms with Crippen molar-refractivity contribution in [3.63, 3.8) is 0 Å². The van der Waals surface area contributed by atoms with Crippen molar-refractivity contribution < 1.29 is 17.9 Å². The van der Waals surface area contributed by atoms with E-state index in [2.05, 4.69) is 10.2 Å². The number of aryl methyl sites for hydroxylation is 2. The van der Waals surface area contributed by atoms with Crippen LogP contribution in [0.5, 0.6) is 0 Å². The van der Waals surface area contributed by atoms with Crippen molar-refractivity contribution in [2.75, 3.05) is 47.1 Å². The number of nitrogens with one attached hydrogen (secondary N) is 1. The molecule has 1 heterocycles. The summed E-state index contributed by atoms with van der Waals surface area (Å²) < 4.78 is 31.5. The molecule has 1 N–H and O–H groups in total. The van der Waals surface area contributed by atoms with Gasteiger partial charge in [-0.1, -0.05) is 6.07 Å². The third-order valence-corrected chi connectivity index (χ3v) is 6.59. The minimum atomic E-state index is -3.65. The number of amides is 1. The van der Waals surface area contributed by atoms with Gasteiger partial charge in [0, 0.05) is 24.5 Å². The van der Waals surface area contributed by atoms with Gasteiger partial charge in [-0.15, -0.1) is 0 Å². The van der Waals surface area contributed by atoms with Gasteiger partial charge in [-0.2, -0.15) is 0 Å². The van der Waals surface area contributed by atoms with E-state index in [0.29, 0.717) is 24.6 Å². The fraction of sp³-hybridized carbons (Fsp3) is 0.409. The topological polar surface area (TPSA) is 79.0 Å². The summed E-state index contributed by atoms with van der Waals surface area (Å²) in [5.74, 6) is -0.391. The lowest BCUT2D eigenvalue weighted by molar-refractivity contribution is -0.116. The molecule has 30 heavy (non-hydrogen) atoms. The number of hydrogen-bond donors (Lipinski definition) is 1. The van der Waals surface area contributed by atoms with Crippen molar-refractivity contribution in [1.82, 2.24) is 0 Å². The molecular formula is C22H29N3O4S. The molecule has 1 atom stereocenters. The highest BCUT2D eigenvalue weighted by Crippen LogP contribution is 2.25. The van der Waals surface area contributed by atoms with Crippen molar-refractivity contribution in [3.8, 4) is 0 Å². The van der Waals surface area contributed by atoms with Gasteiger partial charge in [0.05, 0.1) is 25.2 Å². The summed E-state index contributed by atoms with van der Waals surface area (Å²) in [5, 5.41) is 2.83. The molecule has 0 bridgehead atoms. The van der Waals surface area contributed by atoms with Crippen LogP contribution in [0, 0.1) is 13.8 Å². The zero-order chi connectivity index (χ0) is 21.9. The molecule has 0 saturated carbocycles. The molecule has 7 nitrogen and oxygen atoms in total. The van der Waals surface area contributed by atoms with Crippen LogP contribution in [0.4, 0.5) is 17.1 Å². The molecule has 0 radical (unpaired) electrons. The maximum Gasteiger partial charge on any atom is 0.247 e. The summed E-state index contributed by atoms with van der Waals surface area (Å²) in [6, 6.07) is 12.0. The van der Waals surface area contributed by atoms with E-state index in [1.165, 1.54) is 0 Å². The summed E-state index contributed by atoms with van der Waals surface area (Å²) in [5.41, 5.74) is 4.19. The lowest BCUT2D eigenvalue weighted by atomic mass is 10.1. The second-order valence-electron chi connectivity index (χ2n) is 7.64. The Hall–Kier alpha value is -2.58. The fourth-order valence-electron chi connectivity index (χ4n) is 3.50. The SMILES string of the molecule is Cc1ccc(N(C(C)C(=O)Nc2ccc(N3CCOCC3)cc2)S(C)(=O)=O)cc1C. The van der Waals surface area contributed by atoms with Crippen LogP contribution in [0.2, 0.25) is 0 Å². The molecule has 3 rings (SSSR count). The molecule has 8 heteroatoms. The Labute approximate surface area is 178 Å². The van der Waals surface area contributed by atoms with Gasteiger partial charge in [0.2, 0.25) is 15.9 Å². The molecule has 1 aliphatic rings. The molecule has 1 unspecified atom stereocenters. The lowest BCUT2D eigenvalue weighted by Crippen LogP contribution is -2.45. The number of morpholine rings is 1.